The second-order valence-corrected chi connectivity index (χ2v) is 4.34. The molecule has 2 rings (SSSR count). The van der Waals surface area contributed by atoms with Gasteiger partial charge in [-0.2, -0.15) is 0 Å². The molecule has 0 radical (unpaired) electrons. The van der Waals surface area contributed by atoms with Crippen LogP contribution in [0.25, 0.3) is 11.6 Å². The van der Waals surface area contributed by atoms with Crippen LogP contribution in [-0.4, -0.2) is 11.1 Å². The van der Waals surface area contributed by atoms with Crippen LogP contribution in [-0.2, 0) is 4.79 Å². The highest BCUT2D eigenvalue weighted by Gasteiger charge is 2.11. The van der Waals surface area contributed by atoms with Crippen molar-refractivity contribution in [1.29, 1.82) is 0 Å². The molecule has 0 aliphatic heterocycles. The number of rotatable bonds is 3. The molecule has 0 bridgehead atoms. The van der Waals surface area contributed by atoms with E-state index in [0.29, 0.717) is 10.4 Å². The molecule has 0 saturated carbocycles. The zero-order chi connectivity index (χ0) is 12.3. The molecule has 4 heteroatoms. The molecule has 0 aliphatic carbocycles. The van der Waals surface area contributed by atoms with Crippen LogP contribution in [0, 0.1) is 5.82 Å². The van der Waals surface area contributed by atoms with Crippen molar-refractivity contribution in [3.8, 4) is 0 Å². The van der Waals surface area contributed by atoms with Gasteiger partial charge < -0.3 is 5.11 Å². The minimum absolute atomic E-state index is 0.214. The summed E-state index contributed by atoms with van der Waals surface area (Å²) in [6.45, 7) is 0. The fraction of sp³-hybridized carbons (Fsp3) is 0. The molecular weight excluding hydrogens is 239 g/mol. The Morgan fingerprint density at radius 3 is 2.47 bits per heavy atom. The van der Waals surface area contributed by atoms with E-state index >= 15 is 0 Å². The molecule has 1 aromatic heterocycles. The van der Waals surface area contributed by atoms with Gasteiger partial charge in [0.25, 0.3) is 0 Å². The monoisotopic (exact) mass is 248 g/mol. The maximum absolute atomic E-state index is 12.7. The SMILES string of the molecule is O=C(O)C(=Cc1ccc(F)cc1)c1cccs1. The highest BCUT2D eigenvalue weighted by atomic mass is 32.1. The molecule has 0 amide bonds. The highest BCUT2D eigenvalue weighted by Crippen LogP contribution is 2.23. The number of halogens is 1. The number of hydrogen-bond acceptors (Lipinski definition) is 2. The molecule has 1 aromatic carbocycles. The number of aliphatic carboxylic acids is 1. The Labute approximate surface area is 102 Å². The normalized spacial score (nSPS) is 11.5. The zero-order valence-corrected chi connectivity index (χ0v) is 9.58. The van der Waals surface area contributed by atoms with Crippen molar-refractivity contribution in [2.75, 3.05) is 0 Å². The summed E-state index contributed by atoms with van der Waals surface area (Å²) in [6, 6.07) is 9.24. The van der Waals surface area contributed by atoms with Crippen LogP contribution >= 0.6 is 11.3 Å². The van der Waals surface area contributed by atoms with Crippen LogP contribution in [0.4, 0.5) is 4.39 Å². The molecule has 1 N–H and O–H groups in total. The second-order valence-electron chi connectivity index (χ2n) is 3.39. The summed E-state index contributed by atoms with van der Waals surface area (Å²) in [5, 5.41) is 10.9. The van der Waals surface area contributed by atoms with Gasteiger partial charge in [-0.1, -0.05) is 18.2 Å². The van der Waals surface area contributed by atoms with Crippen molar-refractivity contribution < 1.29 is 14.3 Å². The molecule has 2 aromatic rings. The molecule has 2 nitrogen and oxygen atoms in total. The summed E-state index contributed by atoms with van der Waals surface area (Å²) in [5.41, 5.74) is 0.879. The Morgan fingerprint density at radius 1 is 1.24 bits per heavy atom. The average molecular weight is 248 g/mol. The van der Waals surface area contributed by atoms with Gasteiger partial charge in [-0.05, 0) is 35.2 Å². The Kier molecular flexibility index (Phi) is 3.35. The van der Waals surface area contributed by atoms with E-state index in [-0.39, 0.29) is 11.4 Å². The minimum Gasteiger partial charge on any atom is -0.478 e. The van der Waals surface area contributed by atoms with Crippen molar-refractivity contribution in [3.05, 3.63) is 58.0 Å². The molecule has 0 saturated heterocycles. The van der Waals surface area contributed by atoms with Gasteiger partial charge in [-0.3, -0.25) is 0 Å². The molecule has 86 valence electrons. The van der Waals surface area contributed by atoms with Crippen molar-refractivity contribution in [2.45, 2.75) is 0 Å². The van der Waals surface area contributed by atoms with Gasteiger partial charge >= 0.3 is 5.97 Å². The first-order chi connectivity index (χ1) is 8.16. The molecular formula is C13H9FO2S. The number of carboxylic acids is 1. The highest BCUT2D eigenvalue weighted by molar-refractivity contribution is 7.11. The van der Waals surface area contributed by atoms with E-state index in [4.69, 9.17) is 5.11 Å². The fourth-order valence-corrected chi connectivity index (χ4v) is 2.13. The molecule has 0 atom stereocenters. The van der Waals surface area contributed by atoms with E-state index in [2.05, 4.69) is 0 Å². The first kappa shape index (κ1) is 11.5. The lowest BCUT2D eigenvalue weighted by molar-refractivity contribution is -0.130. The van der Waals surface area contributed by atoms with Crippen LogP contribution in [0.3, 0.4) is 0 Å². The van der Waals surface area contributed by atoms with E-state index in [1.807, 2.05) is 5.38 Å². The van der Waals surface area contributed by atoms with Crippen LogP contribution in [0.15, 0.2) is 41.8 Å². The third-order valence-electron chi connectivity index (χ3n) is 2.20. The summed E-state index contributed by atoms with van der Waals surface area (Å²) in [5.74, 6) is -1.33. The summed E-state index contributed by atoms with van der Waals surface area (Å²) in [4.78, 5) is 11.8. The maximum Gasteiger partial charge on any atom is 0.337 e. The molecule has 0 aliphatic rings. The van der Waals surface area contributed by atoms with Gasteiger partial charge in [0.05, 0.1) is 5.57 Å². The molecule has 1 heterocycles. The number of carbonyl (C=O) groups is 1. The van der Waals surface area contributed by atoms with E-state index in [1.165, 1.54) is 29.5 Å². The van der Waals surface area contributed by atoms with Crippen molar-refractivity contribution >= 4 is 29.0 Å². The second kappa shape index (κ2) is 4.93. The third-order valence-corrected chi connectivity index (χ3v) is 3.10. The third kappa shape index (κ3) is 2.79. The van der Waals surface area contributed by atoms with Crippen LogP contribution in [0.1, 0.15) is 10.4 Å². The zero-order valence-electron chi connectivity index (χ0n) is 8.76. The predicted octanol–water partition coefficient (Wildman–Crippen LogP) is 3.51. The standard InChI is InChI=1S/C13H9FO2S/c14-10-5-3-9(4-6-10)8-11(13(15)16)12-2-1-7-17-12/h1-8H,(H,15,16). The van der Waals surface area contributed by atoms with Crippen LogP contribution in [0.2, 0.25) is 0 Å². The van der Waals surface area contributed by atoms with Gasteiger partial charge in [0.15, 0.2) is 0 Å². The van der Waals surface area contributed by atoms with E-state index in [1.54, 1.807) is 24.3 Å². The lowest BCUT2D eigenvalue weighted by Crippen LogP contribution is -1.97. The van der Waals surface area contributed by atoms with Crippen molar-refractivity contribution in [1.82, 2.24) is 0 Å². The van der Waals surface area contributed by atoms with E-state index < -0.39 is 5.97 Å². The first-order valence-electron chi connectivity index (χ1n) is 4.91. The molecule has 0 spiro atoms. The van der Waals surface area contributed by atoms with E-state index in [0.717, 1.165) is 0 Å². The maximum atomic E-state index is 12.7. The lowest BCUT2D eigenvalue weighted by atomic mass is 10.1. The Morgan fingerprint density at radius 2 is 1.94 bits per heavy atom. The van der Waals surface area contributed by atoms with Gasteiger partial charge in [0.1, 0.15) is 5.82 Å². The Balaban J connectivity index is 2.40. The molecule has 0 fully saturated rings. The Bertz CT molecular complexity index is 541. The summed E-state index contributed by atoms with van der Waals surface area (Å²) < 4.78 is 12.7. The van der Waals surface area contributed by atoms with Crippen molar-refractivity contribution in [2.24, 2.45) is 0 Å². The van der Waals surface area contributed by atoms with Gasteiger partial charge in [0.2, 0.25) is 0 Å². The van der Waals surface area contributed by atoms with Gasteiger partial charge in [-0.25, -0.2) is 9.18 Å². The summed E-state index contributed by atoms with van der Waals surface area (Å²) >= 11 is 1.36. The lowest BCUT2D eigenvalue weighted by Gasteiger charge is -1.99. The quantitative estimate of drug-likeness (QED) is 0.844. The first-order valence-corrected chi connectivity index (χ1v) is 5.79. The van der Waals surface area contributed by atoms with Crippen LogP contribution < -0.4 is 0 Å². The number of carboxylic acid groups (broad SMARTS) is 1. The molecule has 17 heavy (non-hydrogen) atoms. The summed E-state index contributed by atoms with van der Waals surface area (Å²) in [7, 11) is 0. The number of thiophene rings is 1. The average Bonchev–Trinajstić information content (AvgIpc) is 2.81. The predicted molar refractivity (Wildman–Crippen MR) is 66.2 cm³/mol. The fourth-order valence-electron chi connectivity index (χ4n) is 1.40. The van der Waals surface area contributed by atoms with Crippen molar-refractivity contribution in [3.63, 3.8) is 0 Å². The van der Waals surface area contributed by atoms with Gasteiger partial charge in [0, 0.05) is 4.88 Å². The largest absolute Gasteiger partial charge is 0.478 e. The van der Waals surface area contributed by atoms with Crippen LogP contribution in [0.5, 0.6) is 0 Å². The Hall–Kier alpha value is -1.94. The van der Waals surface area contributed by atoms with E-state index in [9.17, 15) is 9.18 Å². The number of benzene rings is 1. The smallest absolute Gasteiger partial charge is 0.337 e. The minimum atomic E-state index is -0.989. The van der Waals surface area contributed by atoms with Gasteiger partial charge in [-0.15, -0.1) is 11.3 Å². The number of hydrogen-bond donors (Lipinski definition) is 1. The molecule has 0 unspecified atom stereocenters. The summed E-state index contributed by atoms with van der Waals surface area (Å²) in [6.07, 6.45) is 1.54. The topological polar surface area (TPSA) is 37.3 Å².